The molecule has 2 N–H and O–H groups in total. The van der Waals surface area contributed by atoms with Gasteiger partial charge in [0, 0.05) is 22.7 Å². The lowest BCUT2D eigenvalue weighted by Crippen LogP contribution is -2.21. The summed E-state index contributed by atoms with van der Waals surface area (Å²) in [5.74, 6) is 0.883. The summed E-state index contributed by atoms with van der Waals surface area (Å²) in [6.45, 7) is 8.90. The lowest BCUT2D eigenvalue weighted by molar-refractivity contribution is -0.109. The Morgan fingerprint density at radius 2 is 2.00 bits per heavy atom. The summed E-state index contributed by atoms with van der Waals surface area (Å²) >= 11 is 3.32. The second-order valence-electron chi connectivity index (χ2n) is 4.23. The summed E-state index contributed by atoms with van der Waals surface area (Å²) in [5.41, 5.74) is 5.55. The topological polar surface area (TPSA) is 43.1 Å². The molecule has 0 aliphatic heterocycles. The summed E-state index contributed by atoms with van der Waals surface area (Å²) in [6.07, 6.45) is 0.988. The summed E-state index contributed by atoms with van der Waals surface area (Å²) < 4.78 is 0.247. The first-order valence-corrected chi connectivity index (χ1v) is 6.73. The molecule has 0 aliphatic rings. The minimum atomic E-state index is 0.196. The highest BCUT2D eigenvalue weighted by atomic mass is 32.2. The summed E-state index contributed by atoms with van der Waals surface area (Å²) in [4.78, 5) is 10.8. The van der Waals surface area contributed by atoms with E-state index in [1.165, 1.54) is 11.8 Å². The number of thioether (sulfide) groups is 2. The van der Waals surface area contributed by atoms with Crippen molar-refractivity contribution in [2.24, 2.45) is 5.73 Å². The number of carbonyl (C=O) groups is 1. The third-order valence-corrected chi connectivity index (χ3v) is 4.11. The molecule has 0 saturated heterocycles. The Morgan fingerprint density at radius 1 is 1.43 bits per heavy atom. The molecule has 0 rings (SSSR count). The zero-order chi connectivity index (χ0) is 11.2. The van der Waals surface area contributed by atoms with Crippen molar-refractivity contribution >= 4 is 28.6 Å². The summed E-state index contributed by atoms with van der Waals surface area (Å²) in [6, 6.07) is 0. The van der Waals surface area contributed by atoms with E-state index in [9.17, 15) is 4.79 Å². The van der Waals surface area contributed by atoms with Crippen molar-refractivity contribution in [3.8, 4) is 0 Å². The molecule has 2 nitrogen and oxygen atoms in total. The molecule has 0 unspecified atom stereocenters. The van der Waals surface area contributed by atoms with Crippen LogP contribution in [0.3, 0.4) is 0 Å². The van der Waals surface area contributed by atoms with Crippen LogP contribution >= 0.6 is 23.5 Å². The molecule has 0 radical (unpaired) electrons. The van der Waals surface area contributed by atoms with E-state index in [4.69, 9.17) is 5.73 Å². The minimum absolute atomic E-state index is 0.196. The number of rotatable bonds is 5. The number of hydrogen-bond acceptors (Lipinski definition) is 4. The molecule has 0 spiro atoms. The van der Waals surface area contributed by atoms with E-state index in [0.717, 1.165) is 12.2 Å². The minimum Gasteiger partial charge on any atom is -0.330 e. The van der Waals surface area contributed by atoms with Crippen LogP contribution in [0.15, 0.2) is 0 Å². The molecule has 0 aliphatic carbocycles. The van der Waals surface area contributed by atoms with Gasteiger partial charge in [-0.15, -0.1) is 0 Å². The molecule has 0 aromatic carbocycles. The molecular formula is C10H21NOS2. The van der Waals surface area contributed by atoms with Gasteiger partial charge in [-0.05, 0) is 13.0 Å². The molecule has 0 bridgehead atoms. The fourth-order valence-electron chi connectivity index (χ4n) is 1.07. The van der Waals surface area contributed by atoms with E-state index in [0.29, 0.717) is 11.8 Å². The smallest absolute Gasteiger partial charge is 0.185 e. The third kappa shape index (κ3) is 8.91. The first kappa shape index (κ1) is 14.3. The molecule has 0 saturated carbocycles. The van der Waals surface area contributed by atoms with Gasteiger partial charge in [0.25, 0.3) is 0 Å². The van der Waals surface area contributed by atoms with Gasteiger partial charge in [-0.25, -0.2) is 0 Å². The maximum atomic E-state index is 10.8. The first-order chi connectivity index (χ1) is 6.35. The van der Waals surface area contributed by atoms with Crippen LogP contribution in [0.25, 0.3) is 0 Å². The molecule has 0 aromatic rings. The highest BCUT2D eigenvalue weighted by molar-refractivity contribution is 8.14. The van der Waals surface area contributed by atoms with Crippen molar-refractivity contribution in [1.29, 1.82) is 0 Å². The number of carbonyl (C=O) groups excluding carboxylic acids is 1. The fourth-order valence-corrected chi connectivity index (χ4v) is 3.39. The Kier molecular flexibility index (Phi) is 6.91. The van der Waals surface area contributed by atoms with E-state index in [-0.39, 0.29) is 9.86 Å². The van der Waals surface area contributed by atoms with Crippen molar-refractivity contribution in [2.75, 3.05) is 12.3 Å². The normalized spacial score (nSPS) is 14.1. The Morgan fingerprint density at radius 3 is 2.36 bits per heavy atom. The van der Waals surface area contributed by atoms with E-state index in [2.05, 4.69) is 20.8 Å². The van der Waals surface area contributed by atoms with Crippen molar-refractivity contribution in [1.82, 2.24) is 0 Å². The molecule has 0 fully saturated rings. The first-order valence-electron chi connectivity index (χ1n) is 4.86. The molecule has 0 aromatic heterocycles. The van der Waals surface area contributed by atoms with Crippen molar-refractivity contribution in [3.63, 3.8) is 0 Å². The molecular weight excluding hydrogens is 214 g/mol. The van der Waals surface area contributed by atoms with E-state index < -0.39 is 0 Å². The van der Waals surface area contributed by atoms with Crippen LogP contribution < -0.4 is 5.73 Å². The Labute approximate surface area is 95.8 Å². The lowest BCUT2D eigenvalue weighted by atomic mass is 10.3. The predicted molar refractivity (Wildman–Crippen MR) is 67.9 cm³/mol. The van der Waals surface area contributed by atoms with Gasteiger partial charge in [-0.1, -0.05) is 32.5 Å². The van der Waals surface area contributed by atoms with E-state index in [1.807, 2.05) is 11.8 Å². The van der Waals surface area contributed by atoms with Gasteiger partial charge >= 0.3 is 0 Å². The molecule has 0 amide bonds. The van der Waals surface area contributed by atoms with Crippen molar-refractivity contribution < 1.29 is 4.79 Å². The largest absolute Gasteiger partial charge is 0.330 e. The quantitative estimate of drug-likeness (QED) is 0.795. The van der Waals surface area contributed by atoms with Gasteiger partial charge in [0.05, 0.1) is 0 Å². The second-order valence-corrected chi connectivity index (χ2v) is 7.56. The molecule has 84 valence electrons. The van der Waals surface area contributed by atoms with Crippen LogP contribution in [0.2, 0.25) is 0 Å². The third-order valence-electron chi connectivity index (χ3n) is 1.48. The standard InChI is InChI=1S/C10H21NOS2/c1-8(12)13-7-9(5-6-11)14-10(2,3)4/h9H,5-7,11H2,1-4H3/t9-/m0/s1. The average molecular weight is 235 g/mol. The lowest BCUT2D eigenvalue weighted by Gasteiger charge is -2.24. The summed E-state index contributed by atoms with van der Waals surface area (Å²) in [5, 5.41) is 0.690. The van der Waals surface area contributed by atoms with Crippen molar-refractivity contribution in [3.05, 3.63) is 0 Å². The monoisotopic (exact) mass is 235 g/mol. The molecule has 0 heterocycles. The van der Waals surface area contributed by atoms with E-state index >= 15 is 0 Å². The number of nitrogens with two attached hydrogens (primary N) is 1. The van der Waals surface area contributed by atoms with Crippen LogP contribution in [-0.2, 0) is 4.79 Å². The fraction of sp³-hybridized carbons (Fsp3) is 0.900. The second kappa shape index (κ2) is 6.75. The highest BCUT2D eigenvalue weighted by Crippen LogP contribution is 2.31. The van der Waals surface area contributed by atoms with Gasteiger partial charge in [0.2, 0.25) is 0 Å². The molecule has 4 heteroatoms. The summed E-state index contributed by atoms with van der Waals surface area (Å²) in [7, 11) is 0. The van der Waals surface area contributed by atoms with Crippen LogP contribution in [0.5, 0.6) is 0 Å². The van der Waals surface area contributed by atoms with Gasteiger partial charge < -0.3 is 5.73 Å². The Hall–Kier alpha value is 0.330. The van der Waals surface area contributed by atoms with Gasteiger partial charge in [-0.3, -0.25) is 4.79 Å². The SMILES string of the molecule is CC(=O)SC[C@H](CCN)SC(C)(C)C. The predicted octanol–water partition coefficient (Wildman–Crippen LogP) is 2.52. The zero-order valence-electron chi connectivity index (χ0n) is 9.50. The van der Waals surface area contributed by atoms with Crippen LogP contribution in [-0.4, -0.2) is 27.4 Å². The maximum Gasteiger partial charge on any atom is 0.185 e. The van der Waals surface area contributed by atoms with Crippen LogP contribution in [0.1, 0.15) is 34.1 Å². The van der Waals surface area contributed by atoms with E-state index in [1.54, 1.807) is 6.92 Å². The number of hydrogen-bond donors (Lipinski definition) is 1. The maximum absolute atomic E-state index is 10.8. The molecule has 14 heavy (non-hydrogen) atoms. The Bertz CT molecular complexity index is 177. The highest BCUT2D eigenvalue weighted by Gasteiger charge is 2.19. The van der Waals surface area contributed by atoms with Crippen LogP contribution in [0, 0.1) is 0 Å². The average Bonchev–Trinajstić information content (AvgIpc) is 1.98. The van der Waals surface area contributed by atoms with Gasteiger partial charge in [0.1, 0.15) is 0 Å². The Balaban J connectivity index is 3.95. The van der Waals surface area contributed by atoms with Crippen LogP contribution in [0.4, 0.5) is 0 Å². The zero-order valence-corrected chi connectivity index (χ0v) is 11.1. The van der Waals surface area contributed by atoms with Crippen molar-refractivity contribution in [2.45, 2.75) is 44.1 Å². The van der Waals surface area contributed by atoms with Gasteiger partial charge in [0.15, 0.2) is 5.12 Å². The molecule has 1 atom stereocenters. The van der Waals surface area contributed by atoms with Gasteiger partial charge in [-0.2, -0.15) is 11.8 Å².